The normalized spacial score (nSPS) is 28.3. The second kappa shape index (κ2) is 6.44. The molecular weight excluding hydrogens is 170 g/mol. The van der Waals surface area contributed by atoms with Gasteiger partial charge in [0.15, 0.2) is 0 Å². The summed E-state index contributed by atoms with van der Waals surface area (Å²) in [4.78, 5) is 0. The quantitative estimate of drug-likeness (QED) is 0.716. The van der Waals surface area contributed by atoms with E-state index in [1.165, 1.54) is 44.9 Å². The molecule has 1 aliphatic carbocycles. The van der Waals surface area contributed by atoms with Crippen LogP contribution in [-0.2, 0) is 0 Å². The first-order valence-electron chi connectivity index (χ1n) is 6.42. The van der Waals surface area contributed by atoms with Crippen molar-refractivity contribution in [3.63, 3.8) is 0 Å². The summed E-state index contributed by atoms with van der Waals surface area (Å²) < 4.78 is 0. The first-order chi connectivity index (χ1) is 6.72. The molecule has 2 N–H and O–H groups in total. The van der Waals surface area contributed by atoms with E-state index in [2.05, 4.69) is 13.8 Å². The van der Waals surface area contributed by atoms with Gasteiger partial charge in [0, 0.05) is 0 Å². The van der Waals surface area contributed by atoms with Crippen molar-refractivity contribution in [3.05, 3.63) is 0 Å². The number of hydrogen-bond donors (Lipinski definition) is 1. The summed E-state index contributed by atoms with van der Waals surface area (Å²) in [5.41, 5.74) is 5.69. The first-order valence-corrected chi connectivity index (χ1v) is 6.42. The maximum absolute atomic E-state index is 5.69. The molecule has 0 unspecified atom stereocenters. The molecule has 1 nitrogen and oxygen atoms in total. The van der Waals surface area contributed by atoms with Crippen molar-refractivity contribution in [2.75, 3.05) is 6.54 Å². The molecule has 0 aromatic heterocycles. The van der Waals surface area contributed by atoms with Gasteiger partial charge in [0.1, 0.15) is 0 Å². The minimum Gasteiger partial charge on any atom is -0.330 e. The van der Waals surface area contributed by atoms with Gasteiger partial charge >= 0.3 is 0 Å². The maximum atomic E-state index is 5.69. The average Bonchev–Trinajstić information content (AvgIpc) is 2.18. The predicted molar refractivity (Wildman–Crippen MR) is 63.2 cm³/mol. The summed E-state index contributed by atoms with van der Waals surface area (Å²) in [6.07, 6.45) is 9.99. The van der Waals surface area contributed by atoms with E-state index in [9.17, 15) is 0 Å². The zero-order chi connectivity index (χ0) is 10.4. The Morgan fingerprint density at radius 2 is 1.64 bits per heavy atom. The van der Waals surface area contributed by atoms with Crippen LogP contribution >= 0.6 is 0 Å². The van der Waals surface area contributed by atoms with Crippen LogP contribution in [0.25, 0.3) is 0 Å². The number of nitrogens with two attached hydrogens (primary N) is 1. The molecule has 0 radical (unpaired) electrons. The molecule has 1 fully saturated rings. The molecule has 1 rings (SSSR count). The van der Waals surface area contributed by atoms with Crippen molar-refractivity contribution >= 4 is 0 Å². The third kappa shape index (κ3) is 4.45. The maximum Gasteiger partial charge on any atom is -0.00489 e. The third-order valence-electron chi connectivity index (χ3n) is 3.69. The highest BCUT2D eigenvalue weighted by molar-refractivity contribution is 4.73. The zero-order valence-electron chi connectivity index (χ0n) is 9.97. The molecule has 0 heterocycles. The van der Waals surface area contributed by atoms with E-state index in [0.717, 1.165) is 24.3 Å². The van der Waals surface area contributed by atoms with Gasteiger partial charge in [-0.15, -0.1) is 0 Å². The molecule has 0 atom stereocenters. The average molecular weight is 197 g/mol. The second-order valence-electron chi connectivity index (χ2n) is 5.45. The number of hydrogen-bond acceptors (Lipinski definition) is 1. The van der Waals surface area contributed by atoms with Gasteiger partial charge in [-0.3, -0.25) is 0 Å². The van der Waals surface area contributed by atoms with Crippen LogP contribution in [0.5, 0.6) is 0 Å². The fourth-order valence-electron chi connectivity index (χ4n) is 2.57. The van der Waals surface area contributed by atoms with E-state index in [4.69, 9.17) is 5.73 Å². The third-order valence-corrected chi connectivity index (χ3v) is 3.69. The highest BCUT2D eigenvalue weighted by Gasteiger charge is 2.19. The minimum atomic E-state index is 0.844. The Kier molecular flexibility index (Phi) is 5.54. The summed E-state index contributed by atoms with van der Waals surface area (Å²) >= 11 is 0. The van der Waals surface area contributed by atoms with Crippen LogP contribution in [-0.4, -0.2) is 6.54 Å². The molecule has 84 valence electrons. The van der Waals surface area contributed by atoms with Crippen molar-refractivity contribution in [1.82, 2.24) is 0 Å². The van der Waals surface area contributed by atoms with Crippen LogP contribution in [0.15, 0.2) is 0 Å². The van der Waals surface area contributed by atoms with Crippen molar-refractivity contribution in [2.45, 2.75) is 58.8 Å². The van der Waals surface area contributed by atoms with Gasteiger partial charge in [-0.2, -0.15) is 0 Å². The lowest BCUT2D eigenvalue weighted by Gasteiger charge is -2.27. The lowest BCUT2D eigenvalue weighted by atomic mass is 9.79. The SMILES string of the molecule is CC(C)CCC[C@H]1CC[C@H](CN)CC1. The molecule has 1 heteroatoms. The monoisotopic (exact) mass is 197 g/mol. The van der Waals surface area contributed by atoms with Gasteiger partial charge in [0.05, 0.1) is 0 Å². The van der Waals surface area contributed by atoms with Crippen LogP contribution < -0.4 is 5.73 Å². The summed E-state index contributed by atoms with van der Waals surface area (Å²) in [6, 6.07) is 0. The van der Waals surface area contributed by atoms with Crippen molar-refractivity contribution in [3.8, 4) is 0 Å². The molecule has 0 saturated heterocycles. The fourth-order valence-corrected chi connectivity index (χ4v) is 2.57. The Balaban J connectivity index is 2.04. The van der Waals surface area contributed by atoms with E-state index < -0.39 is 0 Å². The second-order valence-corrected chi connectivity index (χ2v) is 5.45. The standard InChI is InChI=1S/C13H27N/c1-11(2)4-3-5-12-6-8-13(10-14)9-7-12/h11-13H,3-10,14H2,1-2H3/t12-,13-. The zero-order valence-corrected chi connectivity index (χ0v) is 9.97. The summed E-state index contributed by atoms with van der Waals surface area (Å²) in [5.74, 6) is 2.75. The van der Waals surface area contributed by atoms with Gasteiger partial charge < -0.3 is 5.73 Å². The summed E-state index contributed by atoms with van der Waals surface area (Å²) in [7, 11) is 0. The van der Waals surface area contributed by atoms with Gasteiger partial charge in [0.25, 0.3) is 0 Å². The van der Waals surface area contributed by atoms with Gasteiger partial charge in [-0.1, -0.05) is 46.0 Å². The molecule has 0 aliphatic heterocycles. The number of rotatable bonds is 5. The topological polar surface area (TPSA) is 26.0 Å². The van der Waals surface area contributed by atoms with Crippen molar-refractivity contribution in [2.24, 2.45) is 23.5 Å². The molecule has 0 aromatic rings. The van der Waals surface area contributed by atoms with Crippen LogP contribution in [0.4, 0.5) is 0 Å². The minimum absolute atomic E-state index is 0.844. The highest BCUT2D eigenvalue weighted by atomic mass is 14.5. The van der Waals surface area contributed by atoms with Crippen molar-refractivity contribution in [1.29, 1.82) is 0 Å². The Morgan fingerprint density at radius 3 is 2.14 bits per heavy atom. The van der Waals surface area contributed by atoms with Gasteiger partial charge in [-0.05, 0) is 37.1 Å². The fraction of sp³-hybridized carbons (Fsp3) is 1.00. The Bertz CT molecular complexity index is 134. The van der Waals surface area contributed by atoms with Crippen LogP contribution in [0.2, 0.25) is 0 Å². The molecule has 0 spiro atoms. The summed E-state index contributed by atoms with van der Waals surface area (Å²) in [5, 5.41) is 0. The van der Waals surface area contributed by atoms with Crippen LogP contribution in [0.1, 0.15) is 58.8 Å². The largest absolute Gasteiger partial charge is 0.330 e. The van der Waals surface area contributed by atoms with E-state index in [-0.39, 0.29) is 0 Å². The molecule has 0 amide bonds. The van der Waals surface area contributed by atoms with E-state index >= 15 is 0 Å². The molecule has 1 saturated carbocycles. The molecule has 0 bridgehead atoms. The van der Waals surface area contributed by atoms with Crippen molar-refractivity contribution < 1.29 is 0 Å². The lowest BCUT2D eigenvalue weighted by Crippen LogP contribution is -2.21. The Hall–Kier alpha value is -0.0400. The van der Waals surface area contributed by atoms with Gasteiger partial charge in [-0.25, -0.2) is 0 Å². The van der Waals surface area contributed by atoms with E-state index in [1.807, 2.05) is 0 Å². The lowest BCUT2D eigenvalue weighted by molar-refractivity contribution is 0.260. The Morgan fingerprint density at radius 1 is 1.07 bits per heavy atom. The molecule has 1 aliphatic rings. The highest BCUT2D eigenvalue weighted by Crippen LogP contribution is 2.31. The van der Waals surface area contributed by atoms with Gasteiger partial charge in [0.2, 0.25) is 0 Å². The van der Waals surface area contributed by atoms with E-state index in [0.29, 0.717) is 0 Å². The molecular formula is C13H27N. The smallest absolute Gasteiger partial charge is 0.00489 e. The predicted octanol–water partition coefficient (Wildman–Crippen LogP) is 3.58. The van der Waals surface area contributed by atoms with E-state index in [1.54, 1.807) is 0 Å². The molecule has 14 heavy (non-hydrogen) atoms. The first kappa shape index (κ1) is 12.0. The summed E-state index contributed by atoms with van der Waals surface area (Å²) in [6.45, 7) is 5.56. The Labute approximate surface area is 89.5 Å². The molecule has 0 aromatic carbocycles. The van der Waals surface area contributed by atoms with Crippen LogP contribution in [0, 0.1) is 17.8 Å². The van der Waals surface area contributed by atoms with Crippen LogP contribution in [0.3, 0.4) is 0 Å².